The van der Waals surface area contributed by atoms with Crippen LogP contribution in [-0.2, 0) is 4.79 Å². The third-order valence-corrected chi connectivity index (χ3v) is 5.71. The average Bonchev–Trinajstić information content (AvgIpc) is 3.14. The molecule has 7 heteroatoms. The first-order valence-electron chi connectivity index (χ1n) is 6.77. The van der Waals surface area contributed by atoms with Gasteiger partial charge in [-0.2, -0.15) is 5.10 Å². The number of carbonyl (C=O) groups excluding carboxylic acids is 1. The molecule has 3 rings (SSSR count). The Bertz CT molecular complexity index is 667. The van der Waals surface area contributed by atoms with Gasteiger partial charge in [0.2, 0.25) is 5.91 Å². The predicted molar refractivity (Wildman–Crippen MR) is 88.2 cm³/mol. The summed E-state index contributed by atoms with van der Waals surface area (Å²) in [7, 11) is 0. The van der Waals surface area contributed by atoms with Gasteiger partial charge in [-0.1, -0.05) is 53.4 Å². The van der Waals surface area contributed by atoms with Gasteiger partial charge in [0.05, 0.1) is 11.8 Å². The van der Waals surface area contributed by atoms with Gasteiger partial charge in [0, 0.05) is 6.54 Å². The van der Waals surface area contributed by atoms with Gasteiger partial charge in [0.25, 0.3) is 0 Å². The van der Waals surface area contributed by atoms with Crippen molar-refractivity contribution in [2.75, 3.05) is 12.3 Å². The van der Waals surface area contributed by atoms with E-state index in [1.54, 1.807) is 0 Å². The van der Waals surface area contributed by atoms with Crippen molar-refractivity contribution in [1.82, 2.24) is 15.1 Å². The zero-order valence-electron chi connectivity index (χ0n) is 11.3. The number of thioether (sulfide) groups is 1. The summed E-state index contributed by atoms with van der Waals surface area (Å²) in [6, 6.07) is 10.5. The lowest BCUT2D eigenvalue weighted by molar-refractivity contribution is -0.129. The van der Waals surface area contributed by atoms with Crippen LogP contribution in [0.1, 0.15) is 24.4 Å². The maximum absolute atomic E-state index is 12.5. The molecule has 0 aliphatic carbocycles. The molecule has 1 atom stereocenters. The highest BCUT2D eigenvalue weighted by atomic mass is 32.2. The maximum Gasteiger partial charge on any atom is 0.233 e. The third kappa shape index (κ3) is 3.53. The fraction of sp³-hybridized carbons (Fsp3) is 0.357. The fourth-order valence-electron chi connectivity index (χ4n) is 2.57. The number of nitrogens with zero attached hydrogens (tertiary/aromatic N) is 2. The van der Waals surface area contributed by atoms with Crippen molar-refractivity contribution >= 4 is 41.2 Å². The first-order valence-corrected chi connectivity index (χ1v) is 8.98. The zero-order valence-corrected chi connectivity index (χ0v) is 13.8. The third-order valence-electron chi connectivity index (χ3n) is 3.50. The van der Waals surface area contributed by atoms with Crippen molar-refractivity contribution in [3.05, 3.63) is 39.8 Å². The molecule has 1 aromatic carbocycles. The van der Waals surface area contributed by atoms with E-state index in [0.717, 1.165) is 23.7 Å². The van der Waals surface area contributed by atoms with E-state index in [1.807, 2.05) is 23.1 Å². The monoisotopic (exact) mass is 337 g/mol. The molecule has 1 N–H and O–H groups in total. The summed E-state index contributed by atoms with van der Waals surface area (Å²) in [5.74, 6) is 0.590. The van der Waals surface area contributed by atoms with Crippen LogP contribution in [0.3, 0.4) is 0 Å². The molecule has 1 aliphatic rings. The van der Waals surface area contributed by atoms with Crippen LogP contribution in [0, 0.1) is 3.95 Å². The molecule has 0 saturated carbocycles. The second kappa shape index (κ2) is 6.72. The van der Waals surface area contributed by atoms with Crippen molar-refractivity contribution in [2.45, 2.75) is 23.2 Å². The predicted octanol–water partition coefficient (Wildman–Crippen LogP) is 3.66. The Morgan fingerprint density at radius 3 is 3.00 bits per heavy atom. The number of hydrogen-bond donors (Lipinski definition) is 1. The average molecular weight is 337 g/mol. The number of nitrogens with one attached hydrogen (secondary N) is 1. The molecule has 2 heterocycles. The van der Waals surface area contributed by atoms with Crippen molar-refractivity contribution in [2.24, 2.45) is 0 Å². The summed E-state index contributed by atoms with van der Waals surface area (Å²) in [5.41, 5.74) is 1.23. The van der Waals surface area contributed by atoms with E-state index in [9.17, 15) is 4.79 Å². The van der Waals surface area contributed by atoms with Gasteiger partial charge in [-0.15, -0.1) is 0 Å². The molecule has 110 valence electrons. The maximum atomic E-state index is 12.5. The highest BCUT2D eigenvalue weighted by molar-refractivity contribution is 8.01. The van der Waals surface area contributed by atoms with Crippen LogP contribution in [0.25, 0.3) is 0 Å². The van der Waals surface area contributed by atoms with E-state index in [4.69, 9.17) is 12.2 Å². The van der Waals surface area contributed by atoms with Crippen LogP contribution < -0.4 is 0 Å². The Balaban J connectivity index is 1.64. The zero-order chi connectivity index (χ0) is 14.7. The summed E-state index contributed by atoms with van der Waals surface area (Å²) >= 11 is 7.86. The number of carbonyl (C=O) groups is 1. The molecular formula is C14H15N3OS3. The number of hydrogen-bond acceptors (Lipinski definition) is 5. The van der Waals surface area contributed by atoms with E-state index in [1.165, 1.54) is 28.7 Å². The quantitative estimate of drug-likeness (QED) is 0.683. The Kier molecular flexibility index (Phi) is 4.72. The molecule has 1 amide bonds. The smallest absolute Gasteiger partial charge is 0.233 e. The summed E-state index contributed by atoms with van der Waals surface area (Å²) in [6.07, 6.45) is 2.11. The molecule has 0 unspecified atom stereocenters. The molecule has 2 aromatic rings. The lowest BCUT2D eigenvalue weighted by Gasteiger charge is -2.24. The summed E-state index contributed by atoms with van der Waals surface area (Å²) in [4.78, 5) is 14.4. The Morgan fingerprint density at radius 2 is 2.29 bits per heavy atom. The van der Waals surface area contributed by atoms with E-state index < -0.39 is 0 Å². The first-order chi connectivity index (χ1) is 10.2. The topological polar surface area (TPSA) is 49.0 Å². The van der Waals surface area contributed by atoms with Crippen LogP contribution in [0.15, 0.2) is 34.7 Å². The van der Waals surface area contributed by atoms with Crippen LogP contribution in [0.4, 0.5) is 0 Å². The van der Waals surface area contributed by atoms with Crippen LogP contribution in [0.2, 0.25) is 0 Å². The molecule has 21 heavy (non-hydrogen) atoms. The van der Waals surface area contributed by atoms with Crippen molar-refractivity contribution in [3.63, 3.8) is 0 Å². The number of H-pyrrole nitrogens is 1. The van der Waals surface area contributed by atoms with Gasteiger partial charge in [0.1, 0.15) is 0 Å². The Hall–Kier alpha value is -1.18. The second-order valence-corrected chi connectivity index (χ2v) is 7.71. The Morgan fingerprint density at radius 1 is 1.48 bits per heavy atom. The number of likely N-dealkylation sites (tertiary alicyclic amines) is 1. The number of aromatic nitrogens is 2. The SMILES string of the molecule is O=C(CSc1n[nH]c(=S)s1)N1CCC[C@H]1c1ccccc1. The van der Waals surface area contributed by atoms with Gasteiger partial charge in [-0.25, -0.2) is 0 Å². The van der Waals surface area contributed by atoms with E-state index in [2.05, 4.69) is 22.3 Å². The number of aromatic amines is 1. The second-order valence-electron chi connectivity index (χ2n) is 4.82. The number of rotatable bonds is 4. The van der Waals surface area contributed by atoms with Crippen molar-refractivity contribution in [3.8, 4) is 0 Å². The van der Waals surface area contributed by atoms with Gasteiger partial charge >= 0.3 is 0 Å². The molecule has 1 saturated heterocycles. The summed E-state index contributed by atoms with van der Waals surface area (Å²) in [5, 5.41) is 6.81. The minimum absolute atomic E-state index is 0.174. The van der Waals surface area contributed by atoms with Crippen molar-refractivity contribution in [1.29, 1.82) is 0 Å². The highest BCUT2D eigenvalue weighted by Crippen LogP contribution is 2.32. The molecule has 1 aromatic heterocycles. The van der Waals surface area contributed by atoms with Gasteiger partial charge in [-0.3, -0.25) is 9.89 Å². The molecule has 0 bridgehead atoms. The molecule has 4 nitrogen and oxygen atoms in total. The molecule has 1 fully saturated rings. The molecule has 0 radical (unpaired) electrons. The normalized spacial score (nSPS) is 18.1. The van der Waals surface area contributed by atoms with Gasteiger partial charge in [0.15, 0.2) is 8.29 Å². The minimum Gasteiger partial charge on any atom is -0.335 e. The molecule has 1 aliphatic heterocycles. The fourth-order valence-corrected chi connectivity index (χ4v) is 4.54. The minimum atomic E-state index is 0.174. The van der Waals surface area contributed by atoms with Crippen LogP contribution >= 0.6 is 35.3 Å². The Labute approximate surface area is 136 Å². The van der Waals surface area contributed by atoms with Crippen LogP contribution in [-0.4, -0.2) is 33.3 Å². The summed E-state index contributed by atoms with van der Waals surface area (Å²) < 4.78 is 1.47. The molecular weight excluding hydrogens is 322 g/mol. The first kappa shape index (κ1) is 14.7. The summed E-state index contributed by atoms with van der Waals surface area (Å²) in [6.45, 7) is 0.842. The highest BCUT2D eigenvalue weighted by Gasteiger charge is 2.29. The molecule has 0 spiro atoms. The van der Waals surface area contributed by atoms with Gasteiger partial charge < -0.3 is 4.90 Å². The number of amides is 1. The van der Waals surface area contributed by atoms with E-state index >= 15 is 0 Å². The van der Waals surface area contributed by atoms with E-state index in [-0.39, 0.29) is 11.9 Å². The van der Waals surface area contributed by atoms with Crippen molar-refractivity contribution < 1.29 is 4.79 Å². The lowest BCUT2D eigenvalue weighted by Crippen LogP contribution is -2.31. The van der Waals surface area contributed by atoms with E-state index in [0.29, 0.717) is 9.71 Å². The standard InChI is InChI=1S/C14H15N3OS3/c18-12(9-20-14-16-15-13(19)21-14)17-8-4-7-11(17)10-5-2-1-3-6-10/h1-3,5-6,11H,4,7-9H2,(H,15,19)/t11-/m0/s1. The van der Waals surface area contributed by atoms with Crippen LogP contribution in [0.5, 0.6) is 0 Å². The van der Waals surface area contributed by atoms with Gasteiger partial charge in [-0.05, 0) is 30.6 Å². The number of benzene rings is 1. The largest absolute Gasteiger partial charge is 0.335 e. The lowest BCUT2D eigenvalue weighted by atomic mass is 10.0.